The van der Waals surface area contributed by atoms with Crippen LogP contribution >= 0.6 is 0 Å². The molecule has 4 heteroatoms. The molecular formula is C20H17N3O. The number of rotatable bonds is 5. The first-order valence-electron chi connectivity index (χ1n) is 8.10. The fourth-order valence-electron chi connectivity index (χ4n) is 3.05. The number of imidazole rings is 1. The van der Waals surface area contributed by atoms with Crippen molar-refractivity contribution in [1.82, 2.24) is 14.5 Å². The van der Waals surface area contributed by atoms with E-state index in [1.165, 1.54) is 0 Å². The van der Waals surface area contributed by atoms with E-state index in [0.29, 0.717) is 6.42 Å². The second-order valence-corrected chi connectivity index (χ2v) is 5.84. The van der Waals surface area contributed by atoms with E-state index in [2.05, 4.69) is 20.6 Å². The Morgan fingerprint density at radius 3 is 2.58 bits per heavy atom. The standard InChI is InChI=1S/C20H17N3O/c24-19(15-7-2-1-3-8-15)11-6-12-23-14-22-18-13-21-17-10-5-4-9-16(17)20(18)23/h1-5,7-10,13-14H,6,11-12H2. The van der Waals surface area contributed by atoms with Crippen LogP contribution in [-0.4, -0.2) is 20.3 Å². The minimum absolute atomic E-state index is 0.187. The Labute approximate surface area is 139 Å². The lowest BCUT2D eigenvalue weighted by molar-refractivity contribution is 0.0978. The van der Waals surface area contributed by atoms with Gasteiger partial charge in [-0.05, 0) is 12.5 Å². The zero-order valence-electron chi connectivity index (χ0n) is 13.2. The van der Waals surface area contributed by atoms with Gasteiger partial charge in [-0.1, -0.05) is 48.5 Å². The maximum atomic E-state index is 12.2. The molecule has 0 atom stereocenters. The van der Waals surface area contributed by atoms with Gasteiger partial charge in [-0.3, -0.25) is 9.78 Å². The van der Waals surface area contributed by atoms with Gasteiger partial charge in [-0.15, -0.1) is 0 Å². The number of para-hydroxylation sites is 1. The summed E-state index contributed by atoms with van der Waals surface area (Å²) >= 11 is 0. The quantitative estimate of drug-likeness (QED) is 0.517. The molecule has 0 aliphatic heterocycles. The molecule has 4 rings (SSSR count). The van der Waals surface area contributed by atoms with Crippen LogP contribution in [0.15, 0.2) is 67.1 Å². The fraction of sp³-hybridized carbons (Fsp3) is 0.150. The summed E-state index contributed by atoms with van der Waals surface area (Å²) in [5.74, 6) is 0.187. The Hall–Kier alpha value is -3.01. The molecule has 118 valence electrons. The lowest BCUT2D eigenvalue weighted by atomic mass is 10.1. The molecule has 0 saturated carbocycles. The number of aryl methyl sites for hydroxylation is 1. The molecule has 24 heavy (non-hydrogen) atoms. The minimum Gasteiger partial charge on any atom is -0.330 e. The average molecular weight is 315 g/mol. The number of fused-ring (bicyclic) bond motifs is 3. The molecule has 0 radical (unpaired) electrons. The maximum absolute atomic E-state index is 12.2. The van der Waals surface area contributed by atoms with Crippen LogP contribution in [0.25, 0.3) is 21.9 Å². The van der Waals surface area contributed by atoms with Crippen molar-refractivity contribution < 1.29 is 4.79 Å². The normalized spacial score (nSPS) is 11.2. The van der Waals surface area contributed by atoms with Gasteiger partial charge in [-0.2, -0.15) is 0 Å². The van der Waals surface area contributed by atoms with Crippen LogP contribution in [-0.2, 0) is 6.54 Å². The monoisotopic (exact) mass is 315 g/mol. The Balaban J connectivity index is 1.55. The summed E-state index contributed by atoms with van der Waals surface area (Å²) in [6.07, 6.45) is 4.97. The molecule has 0 unspecified atom stereocenters. The summed E-state index contributed by atoms with van der Waals surface area (Å²) in [6, 6.07) is 17.5. The lowest BCUT2D eigenvalue weighted by Crippen LogP contribution is -2.03. The molecule has 0 saturated heterocycles. The van der Waals surface area contributed by atoms with Gasteiger partial charge in [0.15, 0.2) is 5.78 Å². The van der Waals surface area contributed by atoms with E-state index in [1.54, 1.807) is 0 Å². The summed E-state index contributed by atoms with van der Waals surface area (Å²) in [5, 5.41) is 1.10. The third kappa shape index (κ3) is 2.67. The number of hydrogen-bond acceptors (Lipinski definition) is 3. The Morgan fingerprint density at radius 2 is 1.71 bits per heavy atom. The smallest absolute Gasteiger partial charge is 0.162 e. The number of ketones is 1. The highest BCUT2D eigenvalue weighted by Gasteiger charge is 2.09. The topological polar surface area (TPSA) is 47.8 Å². The van der Waals surface area contributed by atoms with E-state index in [1.807, 2.05) is 61.1 Å². The van der Waals surface area contributed by atoms with Gasteiger partial charge in [0, 0.05) is 23.9 Å². The summed E-state index contributed by atoms with van der Waals surface area (Å²) in [6.45, 7) is 0.767. The summed E-state index contributed by atoms with van der Waals surface area (Å²) in [7, 11) is 0. The second-order valence-electron chi connectivity index (χ2n) is 5.84. The lowest BCUT2D eigenvalue weighted by Gasteiger charge is -2.06. The Bertz CT molecular complexity index is 1010. The molecule has 0 fully saturated rings. The first kappa shape index (κ1) is 14.6. The minimum atomic E-state index is 0.187. The van der Waals surface area contributed by atoms with Crippen molar-refractivity contribution in [3.8, 4) is 0 Å². The Kier molecular flexibility index (Phi) is 3.79. The number of aromatic nitrogens is 3. The van der Waals surface area contributed by atoms with Crippen LogP contribution in [0.1, 0.15) is 23.2 Å². The summed E-state index contributed by atoms with van der Waals surface area (Å²) < 4.78 is 2.12. The van der Waals surface area contributed by atoms with Gasteiger partial charge in [0.1, 0.15) is 5.52 Å². The van der Waals surface area contributed by atoms with Crippen molar-refractivity contribution in [2.75, 3.05) is 0 Å². The highest BCUT2D eigenvalue weighted by molar-refractivity contribution is 6.02. The van der Waals surface area contributed by atoms with Crippen LogP contribution in [0.3, 0.4) is 0 Å². The number of benzene rings is 2. The zero-order valence-corrected chi connectivity index (χ0v) is 13.2. The van der Waals surface area contributed by atoms with E-state index in [-0.39, 0.29) is 5.78 Å². The van der Waals surface area contributed by atoms with Crippen molar-refractivity contribution >= 4 is 27.7 Å². The first-order chi connectivity index (χ1) is 11.8. The highest BCUT2D eigenvalue weighted by atomic mass is 16.1. The number of hydrogen-bond donors (Lipinski definition) is 0. The Morgan fingerprint density at radius 1 is 0.917 bits per heavy atom. The molecule has 4 nitrogen and oxygen atoms in total. The van der Waals surface area contributed by atoms with Crippen molar-refractivity contribution in [3.63, 3.8) is 0 Å². The van der Waals surface area contributed by atoms with E-state index >= 15 is 0 Å². The highest BCUT2D eigenvalue weighted by Crippen LogP contribution is 2.23. The van der Waals surface area contributed by atoms with Crippen molar-refractivity contribution in [2.45, 2.75) is 19.4 Å². The van der Waals surface area contributed by atoms with E-state index < -0.39 is 0 Å². The van der Waals surface area contributed by atoms with Crippen LogP contribution in [0.4, 0.5) is 0 Å². The van der Waals surface area contributed by atoms with Gasteiger partial charge in [0.25, 0.3) is 0 Å². The maximum Gasteiger partial charge on any atom is 0.162 e. The molecule has 0 amide bonds. The number of carbonyl (C=O) groups is 1. The molecule has 2 aromatic carbocycles. The van der Waals surface area contributed by atoms with Crippen molar-refractivity contribution in [2.24, 2.45) is 0 Å². The fourth-order valence-corrected chi connectivity index (χ4v) is 3.05. The summed E-state index contributed by atoms with van der Waals surface area (Å²) in [4.78, 5) is 21.1. The molecular weight excluding hydrogens is 298 g/mol. The molecule has 0 N–H and O–H groups in total. The van der Waals surface area contributed by atoms with Gasteiger partial charge in [-0.25, -0.2) is 4.98 Å². The van der Waals surface area contributed by atoms with Crippen LogP contribution in [0.5, 0.6) is 0 Å². The molecule has 2 aromatic heterocycles. The predicted octanol–water partition coefficient (Wildman–Crippen LogP) is 4.25. The average Bonchev–Trinajstić information content (AvgIpc) is 3.06. The van der Waals surface area contributed by atoms with Crippen LogP contribution < -0.4 is 0 Å². The van der Waals surface area contributed by atoms with Crippen molar-refractivity contribution in [1.29, 1.82) is 0 Å². The number of nitrogens with zero attached hydrogens (tertiary/aromatic N) is 3. The molecule has 0 bridgehead atoms. The SMILES string of the molecule is O=C(CCCn1cnc2cnc3ccccc3c21)c1ccccc1. The predicted molar refractivity (Wildman–Crippen MR) is 95.0 cm³/mol. The van der Waals surface area contributed by atoms with Crippen LogP contribution in [0.2, 0.25) is 0 Å². The van der Waals surface area contributed by atoms with Gasteiger partial charge in [0.05, 0.1) is 23.6 Å². The van der Waals surface area contributed by atoms with Gasteiger partial charge < -0.3 is 4.57 Å². The largest absolute Gasteiger partial charge is 0.330 e. The second kappa shape index (κ2) is 6.24. The van der Waals surface area contributed by atoms with E-state index in [0.717, 1.165) is 40.5 Å². The summed E-state index contributed by atoms with van der Waals surface area (Å²) in [5.41, 5.74) is 3.73. The third-order valence-electron chi connectivity index (χ3n) is 4.25. The van der Waals surface area contributed by atoms with Crippen molar-refractivity contribution in [3.05, 3.63) is 72.7 Å². The molecule has 2 heterocycles. The molecule has 0 aliphatic carbocycles. The van der Waals surface area contributed by atoms with Crippen LogP contribution in [0, 0.1) is 0 Å². The van der Waals surface area contributed by atoms with Gasteiger partial charge in [0.2, 0.25) is 0 Å². The number of Topliss-reactive ketones (excluding diaryl/α,β-unsaturated/α-hetero) is 1. The number of carbonyl (C=O) groups excluding carboxylic acids is 1. The zero-order chi connectivity index (χ0) is 16.4. The first-order valence-corrected chi connectivity index (χ1v) is 8.10. The molecule has 0 aliphatic rings. The van der Waals surface area contributed by atoms with Gasteiger partial charge >= 0.3 is 0 Å². The van der Waals surface area contributed by atoms with E-state index in [9.17, 15) is 4.79 Å². The third-order valence-corrected chi connectivity index (χ3v) is 4.25. The van der Waals surface area contributed by atoms with E-state index in [4.69, 9.17) is 0 Å². The molecule has 4 aromatic rings. The number of pyridine rings is 1. The molecule has 0 spiro atoms.